The molecule has 0 spiro atoms. The summed E-state index contributed by atoms with van der Waals surface area (Å²) < 4.78 is 5.80. The van der Waals surface area contributed by atoms with Crippen molar-refractivity contribution in [2.75, 3.05) is 6.61 Å². The molecule has 0 fully saturated rings. The van der Waals surface area contributed by atoms with E-state index in [-0.39, 0.29) is 0 Å². The first-order valence-corrected chi connectivity index (χ1v) is 6.19. The fourth-order valence-electron chi connectivity index (χ4n) is 2.36. The van der Waals surface area contributed by atoms with Crippen LogP contribution in [-0.4, -0.2) is 12.9 Å². The van der Waals surface area contributed by atoms with Crippen molar-refractivity contribution >= 4 is 6.29 Å². The van der Waals surface area contributed by atoms with Crippen molar-refractivity contribution in [1.29, 1.82) is 0 Å². The van der Waals surface area contributed by atoms with Crippen LogP contribution in [0.25, 0.3) is 11.1 Å². The highest BCUT2D eigenvalue weighted by Gasteiger charge is 2.15. The van der Waals surface area contributed by atoms with Crippen LogP contribution in [0, 0.1) is 0 Å². The van der Waals surface area contributed by atoms with Crippen LogP contribution in [0.15, 0.2) is 42.5 Å². The lowest BCUT2D eigenvalue weighted by molar-refractivity contribution is 0.112. The second kappa shape index (κ2) is 4.65. The van der Waals surface area contributed by atoms with E-state index in [1.165, 1.54) is 5.56 Å². The van der Waals surface area contributed by atoms with E-state index in [4.69, 9.17) is 4.74 Å². The van der Waals surface area contributed by atoms with Gasteiger partial charge in [-0.2, -0.15) is 0 Å². The van der Waals surface area contributed by atoms with Crippen molar-refractivity contribution in [3.63, 3.8) is 0 Å². The monoisotopic (exact) mass is 238 g/mol. The topological polar surface area (TPSA) is 26.3 Å². The SMILES string of the molecule is O=Cc1ccc(-c2cccc3c2OCCC3)cc1. The molecule has 1 aliphatic heterocycles. The van der Waals surface area contributed by atoms with E-state index in [1.54, 1.807) is 0 Å². The van der Waals surface area contributed by atoms with Gasteiger partial charge in [0.25, 0.3) is 0 Å². The third-order valence-electron chi connectivity index (χ3n) is 3.29. The fourth-order valence-corrected chi connectivity index (χ4v) is 2.36. The predicted molar refractivity (Wildman–Crippen MR) is 71.1 cm³/mol. The van der Waals surface area contributed by atoms with Gasteiger partial charge in [-0.15, -0.1) is 0 Å². The molecule has 0 saturated heterocycles. The van der Waals surface area contributed by atoms with Gasteiger partial charge in [-0.1, -0.05) is 42.5 Å². The highest BCUT2D eigenvalue weighted by atomic mass is 16.5. The Morgan fingerprint density at radius 3 is 2.67 bits per heavy atom. The molecule has 2 aromatic carbocycles. The molecule has 0 saturated carbocycles. The molecule has 18 heavy (non-hydrogen) atoms. The lowest BCUT2D eigenvalue weighted by Crippen LogP contribution is -2.09. The van der Waals surface area contributed by atoms with Gasteiger partial charge in [0.15, 0.2) is 0 Å². The number of aryl methyl sites for hydroxylation is 1. The largest absolute Gasteiger partial charge is 0.493 e. The summed E-state index contributed by atoms with van der Waals surface area (Å²) in [5, 5.41) is 0. The fraction of sp³-hybridized carbons (Fsp3) is 0.188. The van der Waals surface area contributed by atoms with E-state index < -0.39 is 0 Å². The minimum absolute atomic E-state index is 0.699. The molecular formula is C16H14O2. The number of hydrogen-bond donors (Lipinski definition) is 0. The van der Waals surface area contributed by atoms with Crippen molar-refractivity contribution in [3.05, 3.63) is 53.6 Å². The van der Waals surface area contributed by atoms with Crippen molar-refractivity contribution in [2.24, 2.45) is 0 Å². The van der Waals surface area contributed by atoms with Gasteiger partial charge in [0, 0.05) is 11.1 Å². The quantitative estimate of drug-likeness (QED) is 0.748. The summed E-state index contributed by atoms with van der Waals surface area (Å²) in [4.78, 5) is 10.7. The molecule has 3 rings (SSSR count). The number of rotatable bonds is 2. The first-order chi connectivity index (χ1) is 8.88. The lowest BCUT2D eigenvalue weighted by Gasteiger charge is -2.20. The third kappa shape index (κ3) is 1.90. The van der Waals surface area contributed by atoms with Crippen LogP contribution in [0.5, 0.6) is 5.75 Å². The number of carbonyl (C=O) groups is 1. The molecule has 2 nitrogen and oxygen atoms in total. The molecule has 0 amide bonds. The van der Waals surface area contributed by atoms with Gasteiger partial charge >= 0.3 is 0 Å². The minimum Gasteiger partial charge on any atom is -0.493 e. The van der Waals surface area contributed by atoms with Gasteiger partial charge in [0.2, 0.25) is 0 Å². The van der Waals surface area contributed by atoms with Crippen molar-refractivity contribution in [2.45, 2.75) is 12.8 Å². The van der Waals surface area contributed by atoms with Gasteiger partial charge in [0.1, 0.15) is 12.0 Å². The Labute approximate surface area is 106 Å². The van der Waals surface area contributed by atoms with Crippen LogP contribution in [-0.2, 0) is 6.42 Å². The van der Waals surface area contributed by atoms with Crippen LogP contribution >= 0.6 is 0 Å². The molecule has 0 atom stereocenters. The molecule has 0 radical (unpaired) electrons. The normalized spacial score (nSPS) is 13.6. The zero-order valence-electron chi connectivity index (χ0n) is 10.1. The number of para-hydroxylation sites is 1. The maximum Gasteiger partial charge on any atom is 0.150 e. The van der Waals surface area contributed by atoms with E-state index in [0.29, 0.717) is 5.56 Å². The average molecular weight is 238 g/mol. The summed E-state index contributed by atoms with van der Waals surface area (Å²) in [5.41, 5.74) is 4.19. The first-order valence-electron chi connectivity index (χ1n) is 6.19. The van der Waals surface area contributed by atoms with Crippen LogP contribution in [0.3, 0.4) is 0 Å². The molecule has 0 N–H and O–H groups in total. The van der Waals surface area contributed by atoms with Gasteiger partial charge in [0.05, 0.1) is 6.61 Å². The highest BCUT2D eigenvalue weighted by molar-refractivity contribution is 5.78. The summed E-state index contributed by atoms with van der Waals surface area (Å²) in [6, 6.07) is 13.9. The molecule has 2 heteroatoms. The van der Waals surface area contributed by atoms with Crippen molar-refractivity contribution < 1.29 is 9.53 Å². The number of fused-ring (bicyclic) bond motifs is 1. The van der Waals surface area contributed by atoms with Crippen LogP contribution in [0.4, 0.5) is 0 Å². The predicted octanol–water partition coefficient (Wildman–Crippen LogP) is 3.49. The van der Waals surface area contributed by atoms with E-state index in [9.17, 15) is 4.79 Å². The van der Waals surface area contributed by atoms with Crippen LogP contribution in [0.1, 0.15) is 22.3 Å². The highest BCUT2D eigenvalue weighted by Crippen LogP contribution is 2.36. The lowest BCUT2D eigenvalue weighted by atomic mass is 9.97. The summed E-state index contributed by atoms with van der Waals surface area (Å²) in [7, 11) is 0. The Morgan fingerprint density at radius 1 is 1.06 bits per heavy atom. The number of ether oxygens (including phenoxy) is 1. The summed E-state index contributed by atoms with van der Waals surface area (Å²) in [6.45, 7) is 0.788. The number of carbonyl (C=O) groups excluding carboxylic acids is 1. The zero-order chi connectivity index (χ0) is 12.4. The molecule has 90 valence electrons. The Morgan fingerprint density at radius 2 is 1.89 bits per heavy atom. The maximum atomic E-state index is 10.7. The van der Waals surface area contributed by atoms with Crippen LogP contribution in [0.2, 0.25) is 0 Å². The zero-order valence-corrected chi connectivity index (χ0v) is 10.1. The molecule has 0 unspecified atom stereocenters. The molecule has 0 aliphatic carbocycles. The maximum absolute atomic E-state index is 10.7. The Balaban J connectivity index is 2.07. The number of benzene rings is 2. The minimum atomic E-state index is 0.699. The second-order valence-electron chi connectivity index (χ2n) is 4.49. The molecule has 2 aromatic rings. The Hall–Kier alpha value is -2.09. The smallest absolute Gasteiger partial charge is 0.150 e. The molecule has 1 heterocycles. The van der Waals surface area contributed by atoms with Crippen LogP contribution < -0.4 is 4.74 Å². The summed E-state index contributed by atoms with van der Waals surface area (Å²) in [6.07, 6.45) is 3.02. The van der Waals surface area contributed by atoms with E-state index in [2.05, 4.69) is 18.2 Å². The third-order valence-corrected chi connectivity index (χ3v) is 3.29. The molecule has 0 aromatic heterocycles. The number of aldehydes is 1. The Kier molecular flexibility index (Phi) is 2.85. The summed E-state index contributed by atoms with van der Waals surface area (Å²) >= 11 is 0. The van der Waals surface area contributed by atoms with Crippen molar-refractivity contribution in [1.82, 2.24) is 0 Å². The molecular weight excluding hydrogens is 224 g/mol. The first kappa shape index (κ1) is 11.0. The standard InChI is InChI=1S/C16H14O2/c17-11-12-6-8-13(9-7-12)15-5-1-3-14-4-2-10-18-16(14)15/h1,3,5-9,11H,2,4,10H2. The second-order valence-corrected chi connectivity index (χ2v) is 4.49. The number of hydrogen-bond acceptors (Lipinski definition) is 2. The van der Waals surface area contributed by atoms with Gasteiger partial charge in [-0.25, -0.2) is 0 Å². The Bertz CT molecular complexity index is 570. The van der Waals surface area contributed by atoms with E-state index in [0.717, 1.165) is 42.6 Å². The van der Waals surface area contributed by atoms with Gasteiger partial charge in [-0.3, -0.25) is 4.79 Å². The van der Waals surface area contributed by atoms with E-state index in [1.807, 2.05) is 24.3 Å². The van der Waals surface area contributed by atoms with Gasteiger partial charge < -0.3 is 4.74 Å². The van der Waals surface area contributed by atoms with Crippen molar-refractivity contribution in [3.8, 4) is 16.9 Å². The molecule has 0 bridgehead atoms. The average Bonchev–Trinajstić information content (AvgIpc) is 2.47. The molecule has 1 aliphatic rings. The summed E-state index contributed by atoms with van der Waals surface area (Å²) in [5.74, 6) is 1.00. The van der Waals surface area contributed by atoms with E-state index >= 15 is 0 Å². The van der Waals surface area contributed by atoms with Gasteiger partial charge in [-0.05, 0) is 24.0 Å².